The Morgan fingerprint density at radius 2 is 2.29 bits per heavy atom. The number of terminal acetylenes is 1. The summed E-state index contributed by atoms with van der Waals surface area (Å²) in [6.45, 7) is 0. The van der Waals surface area contributed by atoms with E-state index in [0.29, 0.717) is 11.4 Å². The fourth-order valence-corrected chi connectivity index (χ4v) is 1.89. The molecule has 0 spiro atoms. The van der Waals surface area contributed by atoms with Crippen LogP contribution in [0.2, 0.25) is 5.02 Å². The van der Waals surface area contributed by atoms with E-state index in [4.69, 9.17) is 23.9 Å². The molecule has 0 radical (unpaired) electrons. The molecule has 0 fully saturated rings. The second kappa shape index (κ2) is 7.29. The predicted molar refractivity (Wildman–Crippen MR) is 68.9 cm³/mol. The smallest absolute Gasteiger partial charge is 0.124 e. The van der Waals surface area contributed by atoms with Crippen molar-refractivity contribution in [1.29, 1.82) is 0 Å². The van der Waals surface area contributed by atoms with Crippen molar-refractivity contribution in [1.82, 2.24) is 5.43 Å². The van der Waals surface area contributed by atoms with Gasteiger partial charge in [-0.15, -0.1) is 12.3 Å². The molecule has 0 saturated heterocycles. The Morgan fingerprint density at radius 3 is 2.88 bits per heavy atom. The fourth-order valence-electron chi connectivity index (χ4n) is 1.65. The molecule has 4 heteroatoms. The zero-order valence-corrected chi connectivity index (χ0v) is 10.3. The highest BCUT2D eigenvalue weighted by atomic mass is 35.5. The molecule has 0 aliphatic heterocycles. The highest BCUT2D eigenvalue weighted by Crippen LogP contribution is 2.19. The van der Waals surface area contributed by atoms with Gasteiger partial charge in [0.2, 0.25) is 0 Å². The van der Waals surface area contributed by atoms with E-state index in [1.54, 1.807) is 6.07 Å². The van der Waals surface area contributed by atoms with E-state index in [2.05, 4.69) is 11.3 Å². The SMILES string of the molecule is C#CCCCC(Cc1ccc(F)cc1Cl)NN. The average Bonchev–Trinajstić information content (AvgIpc) is 2.31. The van der Waals surface area contributed by atoms with E-state index in [1.165, 1.54) is 12.1 Å². The zero-order chi connectivity index (χ0) is 12.7. The van der Waals surface area contributed by atoms with Gasteiger partial charge in [-0.05, 0) is 37.0 Å². The second-order valence-corrected chi connectivity index (χ2v) is 4.31. The second-order valence-electron chi connectivity index (χ2n) is 3.90. The van der Waals surface area contributed by atoms with Crippen LogP contribution in [0.3, 0.4) is 0 Å². The number of hydrogen-bond donors (Lipinski definition) is 2. The minimum Gasteiger partial charge on any atom is -0.271 e. The third-order valence-corrected chi connectivity index (χ3v) is 2.94. The van der Waals surface area contributed by atoms with E-state index >= 15 is 0 Å². The Morgan fingerprint density at radius 1 is 1.53 bits per heavy atom. The van der Waals surface area contributed by atoms with E-state index in [0.717, 1.165) is 24.8 Å². The summed E-state index contributed by atoms with van der Waals surface area (Å²) in [5, 5.41) is 0.433. The first-order valence-corrected chi connectivity index (χ1v) is 5.88. The van der Waals surface area contributed by atoms with Gasteiger partial charge < -0.3 is 0 Å². The van der Waals surface area contributed by atoms with Crippen LogP contribution >= 0.6 is 11.6 Å². The summed E-state index contributed by atoms with van der Waals surface area (Å²) in [7, 11) is 0. The van der Waals surface area contributed by atoms with Crippen molar-refractivity contribution in [3.8, 4) is 12.3 Å². The molecule has 3 N–H and O–H groups in total. The van der Waals surface area contributed by atoms with E-state index in [-0.39, 0.29) is 11.9 Å². The Kier molecular flexibility index (Phi) is 5.99. The molecule has 0 heterocycles. The molecule has 0 saturated carbocycles. The van der Waals surface area contributed by atoms with Gasteiger partial charge >= 0.3 is 0 Å². The van der Waals surface area contributed by atoms with Gasteiger partial charge in [-0.2, -0.15) is 0 Å². The number of benzene rings is 1. The molecule has 1 aromatic carbocycles. The largest absolute Gasteiger partial charge is 0.271 e. The topological polar surface area (TPSA) is 38.0 Å². The lowest BCUT2D eigenvalue weighted by Gasteiger charge is -2.16. The Bertz CT molecular complexity index is 401. The van der Waals surface area contributed by atoms with Crippen LogP contribution in [0.1, 0.15) is 24.8 Å². The molecule has 1 aromatic rings. The van der Waals surface area contributed by atoms with Crippen LogP contribution in [0, 0.1) is 18.2 Å². The Hall–Kier alpha value is -1.08. The molecular formula is C13H16ClFN2. The van der Waals surface area contributed by atoms with Crippen molar-refractivity contribution in [3.05, 3.63) is 34.6 Å². The van der Waals surface area contributed by atoms with Crippen LogP contribution in [0.5, 0.6) is 0 Å². The first-order chi connectivity index (χ1) is 8.17. The minimum absolute atomic E-state index is 0.103. The van der Waals surface area contributed by atoms with Gasteiger partial charge in [0.1, 0.15) is 5.82 Å². The normalized spacial score (nSPS) is 12.1. The lowest BCUT2D eigenvalue weighted by molar-refractivity contribution is 0.479. The van der Waals surface area contributed by atoms with Gasteiger partial charge in [0, 0.05) is 17.5 Å². The maximum Gasteiger partial charge on any atom is 0.124 e. The number of nitrogens with two attached hydrogens (primary N) is 1. The molecule has 1 atom stereocenters. The lowest BCUT2D eigenvalue weighted by atomic mass is 10.0. The van der Waals surface area contributed by atoms with Crippen molar-refractivity contribution in [3.63, 3.8) is 0 Å². The van der Waals surface area contributed by atoms with Gasteiger partial charge in [-0.3, -0.25) is 11.3 Å². The molecule has 2 nitrogen and oxygen atoms in total. The Labute approximate surface area is 106 Å². The van der Waals surface area contributed by atoms with Gasteiger partial charge in [0.05, 0.1) is 0 Å². The molecule has 0 aliphatic carbocycles. The summed E-state index contributed by atoms with van der Waals surface area (Å²) in [5.41, 5.74) is 3.62. The van der Waals surface area contributed by atoms with Crippen LogP contribution < -0.4 is 11.3 Å². The maximum absolute atomic E-state index is 12.9. The van der Waals surface area contributed by atoms with Crippen LogP contribution in [-0.2, 0) is 6.42 Å². The number of rotatable bonds is 6. The summed E-state index contributed by atoms with van der Waals surface area (Å²) >= 11 is 5.95. The maximum atomic E-state index is 12.9. The number of hydrogen-bond acceptors (Lipinski definition) is 2. The number of halogens is 2. The minimum atomic E-state index is -0.330. The third kappa shape index (κ3) is 4.74. The van der Waals surface area contributed by atoms with Crippen LogP contribution in [0.4, 0.5) is 4.39 Å². The van der Waals surface area contributed by atoms with Crippen LogP contribution in [0.15, 0.2) is 18.2 Å². The average molecular weight is 255 g/mol. The molecular weight excluding hydrogens is 239 g/mol. The van der Waals surface area contributed by atoms with E-state index < -0.39 is 0 Å². The summed E-state index contributed by atoms with van der Waals surface area (Å²) < 4.78 is 12.9. The third-order valence-electron chi connectivity index (χ3n) is 2.59. The Balaban J connectivity index is 2.58. The van der Waals surface area contributed by atoms with Crippen LogP contribution in [-0.4, -0.2) is 6.04 Å². The van der Waals surface area contributed by atoms with Gasteiger partial charge in [0.15, 0.2) is 0 Å². The standard InChI is InChI=1S/C13H16ClFN2/c1-2-3-4-5-12(17-16)8-10-6-7-11(15)9-13(10)14/h1,6-7,9,12,17H,3-5,8,16H2. The van der Waals surface area contributed by atoms with Crippen molar-refractivity contribution < 1.29 is 4.39 Å². The first-order valence-electron chi connectivity index (χ1n) is 5.51. The molecule has 1 unspecified atom stereocenters. The summed E-state index contributed by atoms with van der Waals surface area (Å²) in [6.07, 6.45) is 8.36. The van der Waals surface area contributed by atoms with Crippen molar-refractivity contribution in [2.45, 2.75) is 31.7 Å². The van der Waals surface area contributed by atoms with Crippen molar-refractivity contribution >= 4 is 11.6 Å². The molecule has 0 aromatic heterocycles. The first kappa shape index (κ1) is 14.0. The number of nitrogens with one attached hydrogen (secondary N) is 1. The van der Waals surface area contributed by atoms with E-state index in [1.807, 2.05) is 0 Å². The fraction of sp³-hybridized carbons (Fsp3) is 0.385. The quantitative estimate of drug-likeness (QED) is 0.355. The number of hydrazine groups is 1. The summed E-state index contributed by atoms with van der Waals surface area (Å²) in [4.78, 5) is 0. The van der Waals surface area contributed by atoms with Crippen LogP contribution in [0.25, 0.3) is 0 Å². The highest BCUT2D eigenvalue weighted by Gasteiger charge is 2.10. The molecule has 0 bridgehead atoms. The zero-order valence-electron chi connectivity index (χ0n) is 9.55. The monoisotopic (exact) mass is 254 g/mol. The van der Waals surface area contributed by atoms with Gasteiger partial charge in [-0.25, -0.2) is 4.39 Å². The van der Waals surface area contributed by atoms with Gasteiger partial charge in [-0.1, -0.05) is 17.7 Å². The molecule has 17 heavy (non-hydrogen) atoms. The van der Waals surface area contributed by atoms with E-state index in [9.17, 15) is 4.39 Å². The summed E-state index contributed by atoms with van der Waals surface area (Å²) in [5.74, 6) is 7.72. The number of unbranched alkanes of at least 4 members (excludes halogenated alkanes) is 1. The predicted octanol–water partition coefficient (Wildman–Crippen LogP) is 2.66. The molecule has 1 rings (SSSR count). The molecule has 0 aliphatic rings. The highest BCUT2D eigenvalue weighted by molar-refractivity contribution is 6.31. The molecule has 0 amide bonds. The van der Waals surface area contributed by atoms with Crippen molar-refractivity contribution in [2.75, 3.05) is 0 Å². The lowest BCUT2D eigenvalue weighted by Crippen LogP contribution is -2.36. The van der Waals surface area contributed by atoms with Crippen molar-refractivity contribution in [2.24, 2.45) is 5.84 Å². The molecule has 92 valence electrons. The van der Waals surface area contributed by atoms with Gasteiger partial charge in [0.25, 0.3) is 0 Å². The summed E-state index contributed by atoms with van der Waals surface area (Å²) in [6, 6.07) is 4.50.